The van der Waals surface area contributed by atoms with E-state index in [0.717, 1.165) is 18.2 Å². The Morgan fingerprint density at radius 2 is 1.43 bits per heavy atom. The quantitative estimate of drug-likeness (QED) is 0.0983. The molecule has 0 aliphatic carbocycles. The van der Waals surface area contributed by atoms with Crippen LogP contribution in [0, 0.1) is 10.1 Å². The predicted molar refractivity (Wildman–Crippen MR) is 149 cm³/mol. The van der Waals surface area contributed by atoms with Crippen LogP contribution in [0.15, 0.2) is 42.9 Å². The molecule has 0 amide bonds. The van der Waals surface area contributed by atoms with Gasteiger partial charge in [-0.1, -0.05) is 109 Å². The highest BCUT2D eigenvalue weighted by Gasteiger charge is 2.25. The van der Waals surface area contributed by atoms with E-state index in [0.29, 0.717) is 17.8 Å². The van der Waals surface area contributed by atoms with Gasteiger partial charge in [0.2, 0.25) is 5.82 Å². The topological polar surface area (TPSA) is 103 Å². The molecule has 0 radical (unpaired) electrons. The molecule has 8 heteroatoms. The summed E-state index contributed by atoms with van der Waals surface area (Å²) < 4.78 is 5.86. The Labute approximate surface area is 220 Å². The monoisotopic (exact) mass is 507 g/mol. The SMILES string of the molecule is CCCCCCCCCCCCCCCCNc1ncnc(Oc2cccc3cccnc23)c1[N+](=O)[O-]. The lowest BCUT2D eigenvalue weighted by atomic mass is 10.0. The van der Waals surface area contributed by atoms with Gasteiger partial charge in [0.1, 0.15) is 11.8 Å². The zero-order chi connectivity index (χ0) is 26.1. The van der Waals surface area contributed by atoms with Gasteiger partial charge in [0, 0.05) is 18.1 Å². The lowest BCUT2D eigenvalue weighted by Crippen LogP contribution is -2.08. The molecule has 3 rings (SSSR count). The number of nitrogens with one attached hydrogen (secondary N) is 1. The van der Waals surface area contributed by atoms with Crippen molar-refractivity contribution in [2.75, 3.05) is 11.9 Å². The summed E-state index contributed by atoms with van der Waals surface area (Å²) in [6.07, 6.45) is 21.0. The number of aromatic nitrogens is 3. The number of anilines is 1. The van der Waals surface area contributed by atoms with Crippen LogP contribution in [-0.4, -0.2) is 26.4 Å². The molecule has 8 nitrogen and oxygen atoms in total. The minimum absolute atomic E-state index is 0.0957. The Kier molecular flexibility index (Phi) is 12.6. The summed E-state index contributed by atoms with van der Waals surface area (Å²) in [5.41, 5.74) is 0.357. The number of rotatable bonds is 19. The molecule has 0 spiro atoms. The number of nitro groups is 1. The van der Waals surface area contributed by atoms with Crippen molar-refractivity contribution in [1.82, 2.24) is 15.0 Å². The molecule has 0 aliphatic rings. The maximum atomic E-state index is 11.8. The number of fused-ring (bicyclic) bond motifs is 1. The van der Waals surface area contributed by atoms with Crippen LogP contribution in [0.4, 0.5) is 11.5 Å². The molecular weight excluding hydrogens is 466 g/mol. The molecule has 1 aromatic carbocycles. The van der Waals surface area contributed by atoms with Crippen molar-refractivity contribution in [1.29, 1.82) is 0 Å². The number of nitrogens with zero attached hydrogens (tertiary/aromatic N) is 4. The van der Waals surface area contributed by atoms with Gasteiger partial charge in [-0.2, -0.15) is 4.98 Å². The van der Waals surface area contributed by atoms with Crippen molar-refractivity contribution in [2.24, 2.45) is 0 Å². The lowest BCUT2D eigenvalue weighted by molar-refractivity contribution is -0.385. The summed E-state index contributed by atoms with van der Waals surface area (Å²) in [5, 5.41) is 15.8. The van der Waals surface area contributed by atoms with Gasteiger partial charge in [-0.3, -0.25) is 15.1 Å². The fourth-order valence-electron chi connectivity index (χ4n) is 4.52. The number of hydrogen-bond donors (Lipinski definition) is 1. The van der Waals surface area contributed by atoms with Gasteiger partial charge in [0.05, 0.1) is 4.92 Å². The highest BCUT2D eigenvalue weighted by Crippen LogP contribution is 2.36. The molecular formula is C29H41N5O3. The molecule has 0 saturated carbocycles. The smallest absolute Gasteiger partial charge is 0.373 e. The summed E-state index contributed by atoms with van der Waals surface area (Å²) in [5.74, 6) is 0.498. The molecule has 37 heavy (non-hydrogen) atoms. The van der Waals surface area contributed by atoms with Gasteiger partial charge >= 0.3 is 11.6 Å². The van der Waals surface area contributed by atoms with Gasteiger partial charge in [-0.25, -0.2) is 4.98 Å². The van der Waals surface area contributed by atoms with E-state index in [-0.39, 0.29) is 17.4 Å². The average Bonchev–Trinajstić information content (AvgIpc) is 2.91. The Morgan fingerprint density at radius 3 is 2.08 bits per heavy atom. The Balaban J connectivity index is 1.37. The van der Waals surface area contributed by atoms with Gasteiger partial charge in [-0.15, -0.1) is 0 Å². The maximum Gasteiger partial charge on any atom is 0.373 e. The zero-order valence-corrected chi connectivity index (χ0v) is 22.2. The van der Waals surface area contributed by atoms with E-state index < -0.39 is 4.92 Å². The van der Waals surface area contributed by atoms with E-state index in [1.165, 1.54) is 83.4 Å². The van der Waals surface area contributed by atoms with Crippen molar-refractivity contribution in [3.63, 3.8) is 0 Å². The Hall–Kier alpha value is -3.29. The Morgan fingerprint density at radius 1 is 0.811 bits per heavy atom. The molecule has 2 heterocycles. The third-order valence-electron chi connectivity index (χ3n) is 6.60. The molecule has 1 N–H and O–H groups in total. The van der Waals surface area contributed by atoms with Gasteiger partial charge in [0.15, 0.2) is 5.75 Å². The number of benzene rings is 1. The first-order valence-corrected chi connectivity index (χ1v) is 14.0. The predicted octanol–water partition coefficient (Wildman–Crippen LogP) is 8.62. The lowest BCUT2D eigenvalue weighted by Gasteiger charge is -2.10. The van der Waals surface area contributed by atoms with Crippen LogP contribution in [-0.2, 0) is 0 Å². The van der Waals surface area contributed by atoms with Crippen molar-refractivity contribution < 1.29 is 9.66 Å². The van der Waals surface area contributed by atoms with Gasteiger partial charge in [-0.05, 0) is 18.6 Å². The van der Waals surface area contributed by atoms with E-state index in [2.05, 4.69) is 27.2 Å². The molecule has 0 fully saturated rings. The molecule has 3 aromatic rings. The van der Waals surface area contributed by atoms with Crippen LogP contribution < -0.4 is 10.1 Å². The van der Waals surface area contributed by atoms with Crippen molar-refractivity contribution >= 4 is 22.4 Å². The van der Waals surface area contributed by atoms with Crippen LogP contribution in [0.25, 0.3) is 10.9 Å². The fraction of sp³-hybridized carbons (Fsp3) is 0.552. The Bertz CT molecular complexity index is 1090. The van der Waals surface area contributed by atoms with Crippen LogP contribution in [0.2, 0.25) is 0 Å². The number of hydrogen-bond acceptors (Lipinski definition) is 7. The highest BCUT2D eigenvalue weighted by atomic mass is 16.6. The standard InChI is InChI=1S/C29H41N5O3/c1-2-3-4-5-6-7-8-9-10-11-12-13-14-15-21-31-28-27(34(35)36)29(33-23-32-28)37-25-20-16-18-24-19-17-22-30-26(24)25/h16-20,22-23H,2-15,21H2,1H3,(H,31,32,33). The number of para-hydroxylation sites is 1. The fourth-order valence-corrected chi connectivity index (χ4v) is 4.52. The van der Waals surface area contributed by atoms with Gasteiger partial charge in [0.25, 0.3) is 0 Å². The average molecular weight is 508 g/mol. The van der Waals surface area contributed by atoms with Crippen molar-refractivity contribution in [2.45, 2.75) is 96.8 Å². The zero-order valence-electron chi connectivity index (χ0n) is 22.2. The first-order chi connectivity index (χ1) is 18.2. The molecule has 0 aliphatic heterocycles. The van der Waals surface area contributed by atoms with Crippen molar-refractivity contribution in [3.8, 4) is 11.6 Å². The minimum Gasteiger partial charge on any atom is -0.431 e. The second kappa shape index (κ2) is 16.5. The molecule has 200 valence electrons. The molecule has 0 atom stereocenters. The molecule has 0 bridgehead atoms. The number of pyridine rings is 1. The van der Waals surface area contributed by atoms with E-state index in [1.807, 2.05) is 24.3 Å². The normalized spacial score (nSPS) is 11.1. The number of ether oxygens (including phenoxy) is 1. The van der Waals surface area contributed by atoms with E-state index in [4.69, 9.17) is 4.74 Å². The van der Waals surface area contributed by atoms with E-state index >= 15 is 0 Å². The van der Waals surface area contributed by atoms with Crippen LogP contribution in [0.5, 0.6) is 11.6 Å². The summed E-state index contributed by atoms with van der Waals surface area (Å²) in [4.78, 5) is 23.8. The van der Waals surface area contributed by atoms with Crippen LogP contribution in [0.1, 0.15) is 96.8 Å². The minimum atomic E-state index is -0.499. The van der Waals surface area contributed by atoms with E-state index in [1.54, 1.807) is 12.3 Å². The van der Waals surface area contributed by atoms with Crippen LogP contribution >= 0.6 is 0 Å². The second-order valence-corrected chi connectivity index (χ2v) is 9.59. The van der Waals surface area contributed by atoms with Gasteiger partial charge < -0.3 is 10.1 Å². The first kappa shape index (κ1) is 28.3. The summed E-state index contributed by atoms with van der Waals surface area (Å²) >= 11 is 0. The third kappa shape index (κ3) is 9.59. The summed E-state index contributed by atoms with van der Waals surface area (Å²) in [7, 11) is 0. The number of unbranched alkanes of at least 4 members (excludes halogenated alkanes) is 13. The van der Waals surface area contributed by atoms with Crippen molar-refractivity contribution in [3.05, 3.63) is 53.0 Å². The largest absolute Gasteiger partial charge is 0.431 e. The van der Waals surface area contributed by atoms with E-state index in [9.17, 15) is 10.1 Å². The third-order valence-corrected chi connectivity index (χ3v) is 6.60. The first-order valence-electron chi connectivity index (χ1n) is 14.0. The van der Waals surface area contributed by atoms with Crippen LogP contribution in [0.3, 0.4) is 0 Å². The molecule has 2 aromatic heterocycles. The molecule has 0 saturated heterocycles. The second-order valence-electron chi connectivity index (χ2n) is 9.59. The summed E-state index contributed by atoms with van der Waals surface area (Å²) in [6.45, 7) is 2.88. The summed E-state index contributed by atoms with van der Waals surface area (Å²) in [6, 6.07) is 9.20. The highest BCUT2D eigenvalue weighted by molar-refractivity contribution is 5.84. The molecule has 0 unspecified atom stereocenters. The maximum absolute atomic E-state index is 11.8.